The van der Waals surface area contributed by atoms with Crippen LogP contribution in [-0.2, 0) is 16.1 Å². The molecule has 2 saturated heterocycles. The van der Waals surface area contributed by atoms with Gasteiger partial charge in [0, 0.05) is 51.5 Å². The molecule has 0 N–H and O–H groups in total. The van der Waals surface area contributed by atoms with E-state index in [0.29, 0.717) is 13.0 Å². The maximum absolute atomic E-state index is 12.9. The fourth-order valence-corrected chi connectivity index (χ4v) is 4.30. The largest absolute Gasteiger partial charge is 0.342 e. The van der Waals surface area contributed by atoms with Crippen LogP contribution in [-0.4, -0.2) is 57.3 Å². The SMILES string of the molecule is CCCN1CCC[C@]2(CCN(C(=O)CCCn3ccnc3C)C2)C1=O. The van der Waals surface area contributed by atoms with Crippen molar-refractivity contribution in [2.75, 3.05) is 26.2 Å². The molecular weight excluding hydrogens is 316 g/mol. The Kier molecular flexibility index (Phi) is 5.45. The molecule has 0 saturated carbocycles. The van der Waals surface area contributed by atoms with E-state index < -0.39 is 0 Å². The van der Waals surface area contributed by atoms with E-state index in [1.807, 2.05) is 22.9 Å². The molecule has 2 aliphatic rings. The van der Waals surface area contributed by atoms with Crippen molar-refractivity contribution in [2.24, 2.45) is 5.41 Å². The minimum atomic E-state index is -0.302. The van der Waals surface area contributed by atoms with Crippen LogP contribution < -0.4 is 0 Å². The normalized spacial score (nSPS) is 23.7. The zero-order chi connectivity index (χ0) is 17.9. The van der Waals surface area contributed by atoms with Gasteiger partial charge < -0.3 is 14.4 Å². The molecule has 2 fully saturated rings. The molecule has 1 spiro atoms. The van der Waals surface area contributed by atoms with Gasteiger partial charge in [0.25, 0.3) is 0 Å². The maximum Gasteiger partial charge on any atom is 0.230 e. The van der Waals surface area contributed by atoms with Gasteiger partial charge in [-0.1, -0.05) is 6.92 Å². The molecule has 2 aliphatic heterocycles. The lowest BCUT2D eigenvalue weighted by atomic mass is 9.78. The molecule has 3 heterocycles. The first kappa shape index (κ1) is 18.0. The molecular formula is C19H30N4O2. The van der Waals surface area contributed by atoms with E-state index in [9.17, 15) is 9.59 Å². The molecule has 0 unspecified atom stereocenters. The lowest BCUT2D eigenvalue weighted by molar-refractivity contribution is -0.146. The number of aromatic nitrogens is 2. The summed E-state index contributed by atoms with van der Waals surface area (Å²) in [6.45, 7) is 7.98. The van der Waals surface area contributed by atoms with Crippen molar-refractivity contribution in [3.05, 3.63) is 18.2 Å². The summed E-state index contributed by atoms with van der Waals surface area (Å²) in [5, 5.41) is 0. The standard InChI is InChI=1S/C19H30N4O2/c1-3-10-22-12-5-7-19(18(22)25)8-13-23(15-19)17(24)6-4-11-21-14-9-20-16(21)2/h9,14H,3-8,10-13,15H2,1-2H3/t19-/m1/s1. The molecule has 1 atom stereocenters. The average molecular weight is 346 g/mol. The molecule has 1 aromatic heterocycles. The molecule has 0 radical (unpaired) electrons. The van der Waals surface area contributed by atoms with Crippen molar-refractivity contribution in [1.29, 1.82) is 0 Å². The summed E-state index contributed by atoms with van der Waals surface area (Å²) < 4.78 is 2.08. The Morgan fingerprint density at radius 2 is 2.12 bits per heavy atom. The highest BCUT2D eigenvalue weighted by Gasteiger charge is 2.48. The van der Waals surface area contributed by atoms with Gasteiger partial charge in [-0.3, -0.25) is 9.59 Å². The Bertz CT molecular complexity index is 625. The average Bonchev–Trinajstić information content (AvgIpc) is 3.20. The van der Waals surface area contributed by atoms with Crippen molar-refractivity contribution in [3.63, 3.8) is 0 Å². The third-order valence-corrected chi connectivity index (χ3v) is 5.74. The summed E-state index contributed by atoms with van der Waals surface area (Å²) in [5.41, 5.74) is -0.302. The quantitative estimate of drug-likeness (QED) is 0.794. The second-order valence-corrected chi connectivity index (χ2v) is 7.51. The van der Waals surface area contributed by atoms with Crippen LogP contribution in [0, 0.1) is 12.3 Å². The number of carbonyl (C=O) groups is 2. The molecule has 0 bridgehead atoms. The summed E-state index contributed by atoms with van der Waals surface area (Å²) in [6.07, 6.45) is 8.93. The number of hydrogen-bond acceptors (Lipinski definition) is 3. The number of imidazole rings is 1. The van der Waals surface area contributed by atoms with Crippen molar-refractivity contribution < 1.29 is 9.59 Å². The van der Waals surface area contributed by atoms with Gasteiger partial charge in [0.1, 0.15) is 5.82 Å². The van der Waals surface area contributed by atoms with E-state index in [1.165, 1.54) is 0 Å². The van der Waals surface area contributed by atoms with Crippen LogP contribution >= 0.6 is 0 Å². The molecule has 0 aliphatic carbocycles. The van der Waals surface area contributed by atoms with Crippen LogP contribution in [0.2, 0.25) is 0 Å². The minimum Gasteiger partial charge on any atom is -0.342 e. The van der Waals surface area contributed by atoms with Gasteiger partial charge in [-0.05, 0) is 39.0 Å². The topological polar surface area (TPSA) is 58.4 Å². The molecule has 1 aromatic rings. The number of likely N-dealkylation sites (tertiary alicyclic amines) is 2. The van der Waals surface area contributed by atoms with Crippen LogP contribution in [0.5, 0.6) is 0 Å². The van der Waals surface area contributed by atoms with E-state index in [4.69, 9.17) is 0 Å². The van der Waals surface area contributed by atoms with E-state index >= 15 is 0 Å². The maximum atomic E-state index is 12.9. The van der Waals surface area contributed by atoms with Crippen LogP contribution in [0.15, 0.2) is 12.4 Å². The van der Waals surface area contributed by atoms with Gasteiger partial charge in [-0.25, -0.2) is 4.98 Å². The third-order valence-electron chi connectivity index (χ3n) is 5.74. The smallest absolute Gasteiger partial charge is 0.230 e. The molecule has 3 rings (SSSR count). The zero-order valence-corrected chi connectivity index (χ0v) is 15.5. The fraction of sp³-hybridized carbons (Fsp3) is 0.737. The second kappa shape index (κ2) is 7.58. The molecule has 6 nitrogen and oxygen atoms in total. The number of hydrogen-bond donors (Lipinski definition) is 0. The number of aryl methyl sites for hydroxylation is 2. The molecule has 25 heavy (non-hydrogen) atoms. The second-order valence-electron chi connectivity index (χ2n) is 7.51. The molecule has 138 valence electrons. The summed E-state index contributed by atoms with van der Waals surface area (Å²) >= 11 is 0. The van der Waals surface area contributed by atoms with Crippen molar-refractivity contribution >= 4 is 11.8 Å². The summed E-state index contributed by atoms with van der Waals surface area (Å²) in [4.78, 5) is 33.6. The van der Waals surface area contributed by atoms with E-state index in [0.717, 1.165) is 64.1 Å². The van der Waals surface area contributed by atoms with Crippen LogP contribution in [0.3, 0.4) is 0 Å². The van der Waals surface area contributed by atoms with Crippen LogP contribution in [0.1, 0.15) is 51.3 Å². The van der Waals surface area contributed by atoms with E-state index in [2.05, 4.69) is 16.5 Å². The molecule has 0 aromatic carbocycles. The Labute approximate surface area is 150 Å². The van der Waals surface area contributed by atoms with E-state index in [1.54, 1.807) is 6.20 Å². The number of rotatable bonds is 6. The first-order chi connectivity index (χ1) is 12.1. The first-order valence-corrected chi connectivity index (χ1v) is 9.60. The Morgan fingerprint density at radius 3 is 2.84 bits per heavy atom. The predicted octanol–water partition coefficient (Wildman–Crippen LogP) is 2.22. The van der Waals surface area contributed by atoms with Gasteiger partial charge in [0.05, 0.1) is 5.41 Å². The van der Waals surface area contributed by atoms with Gasteiger partial charge in [-0.2, -0.15) is 0 Å². The monoisotopic (exact) mass is 346 g/mol. The Hall–Kier alpha value is -1.85. The molecule has 6 heteroatoms. The highest BCUT2D eigenvalue weighted by Crippen LogP contribution is 2.40. The van der Waals surface area contributed by atoms with Crippen LogP contribution in [0.25, 0.3) is 0 Å². The number of amides is 2. The predicted molar refractivity (Wildman–Crippen MR) is 95.9 cm³/mol. The third kappa shape index (κ3) is 3.72. The fourth-order valence-electron chi connectivity index (χ4n) is 4.30. The van der Waals surface area contributed by atoms with E-state index in [-0.39, 0.29) is 17.2 Å². The lowest BCUT2D eigenvalue weighted by Gasteiger charge is -2.39. The van der Waals surface area contributed by atoms with Crippen LogP contribution in [0.4, 0.5) is 0 Å². The first-order valence-electron chi connectivity index (χ1n) is 9.60. The number of nitrogens with zero attached hydrogens (tertiary/aromatic N) is 4. The summed E-state index contributed by atoms with van der Waals surface area (Å²) in [5.74, 6) is 1.45. The lowest BCUT2D eigenvalue weighted by Crippen LogP contribution is -2.50. The minimum absolute atomic E-state index is 0.190. The van der Waals surface area contributed by atoms with Crippen molar-refractivity contribution in [2.45, 2.75) is 58.9 Å². The summed E-state index contributed by atoms with van der Waals surface area (Å²) in [7, 11) is 0. The number of carbonyl (C=O) groups excluding carboxylic acids is 2. The van der Waals surface area contributed by atoms with Crippen molar-refractivity contribution in [3.8, 4) is 0 Å². The van der Waals surface area contributed by atoms with Gasteiger partial charge >= 0.3 is 0 Å². The highest BCUT2D eigenvalue weighted by molar-refractivity contribution is 5.86. The highest BCUT2D eigenvalue weighted by atomic mass is 16.2. The Morgan fingerprint density at radius 1 is 1.28 bits per heavy atom. The van der Waals surface area contributed by atoms with Gasteiger partial charge in [0.2, 0.25) is 11.8 Å². The van der Waals surface area contributed by atoms with Gasteiger partial charge in [-0.15, -0.1) is 0 Å². The molecule has 2 amide bonds. The van der Waals surface area contributed by atoms with Crippen molar-refractivity contribution in [1.82, 2.24) is 19.4 Å². The number of piperidine rings is 1. The van der Waals surface area contributed by atoms with Gasteiger partial charge in [0.15, 0.2) is 0 Å². The Balaban J connectivity index is 1.52. The zero-order valence-electron chi connectivity index (χ0n) is 15.5. The summed E-state index contributed by atoms with van der Waals surface area (Å²) in [6, 6.07) is 0.